The van der Waals surface area contributed by atoms with Crippen LogP contribution >= 0.6 is 11.6 Å². The molecule has 0 radical (unpaired) electrons. The Morgan fingerprint density at radius 3 is 2.33 bits per heavy atom. The van der Waals surface area contributed by atoms with Crippen LogP contribution < -0.4 is 0 Å². The summed E-state index contributed by atoms with van der Waals surface area (Å²) in [7, 11) is 4.06. The number of carbonyl (C=O) groups excluding carboxylic acids is 1. The standard InChI is InChI=1S/C28H30ClN3O/c1-31(2)16-17-32(20-21-10-4-3-5-11-21)28(33)18-24(22-12-6-8-14-26(22)29)25-19-30-27-15-9-7-13-23(25)27/h3-15,19,24,30H,16-18,20H2,1-2H3. The molecule has 33 heavy (non-hydrogen) atoms. The first-order chi connectivity index (χ1) is 16.0. The summed E-state index contributed by atoms with van der Waals surface area (Å²) in [5, 5.41) is 1.81. The molecule has 0 saturated heterocycles. The number of carbonyl (C=O) groups is 1. The van der Waals surface area contributed by atoms with Crippen molar-refractivity contribution in [1.82, 2.24) is 14.8 Å². The predicted octanol–water partition coefficient (Wildman–Crippen LogP) is 5.93. The van der Waals surface area contributed by atoms with Crippen molar-refractivity contribution in [3.63, 3.8) is 0 Å². The largest absolute Gasteiger partial charge is 0.361 e. The molecule has 170 valence electrons. The first-order valence-electron chi connectivity index (χ1n) is 11.3. The van der Waals surface area contributed by atoms with Crippen LogP contribution in [0.3, 0.4) is 0 Å². The third kappa shape index (κ3) is 5.65. The molecule has 0 fully saturated rings. The van der Waals surface area contributed by atoms with E-state index in [4.69, 9.17) is 11.6 Å². The number of rotatable bonds is 9. The number of amides is 1. The van der Waals surface area contributed by atoms with Crippen LogP contribution in [0.4, 0.5) is 0 Å². The fourth-order valence-corrected chi connectivity index (χ4v) is 4.52. The van der Waals surface area contributed by atoms with Gasteiger partial charge in [0.05, 0.1) is 0 Å². The van der Waals surface area contributed by atoms with Crippen LogP contribution in [0, 0.1) is 0 Å². The van der Waals surface area contributed by atoms with Crippen LogP contribution in [0.25, 0.3) is 10.9 Å². The smallest absolute Gasteiger partial charge is 0.223 e. The van der Waals surface area contributed by atoms with E-state index in [1.54, 1.807) is 0 Å². The Morgan fingerprint density at radius 2 is 1.58 bits per heavy atom. The number of benzene rings is 3. The van der Waals surface area contributed by atoms with Gasteiger partial charge in [0.1, 0.15) is 0 Å². The maximum absolute atomic E-state index is 13.7. The van der Waals surface area contributed by atoms with Crippen LogP contribution in [0.15, 0.2) is 85.1 Å². The Labute approximate surface area is 200 Å². The summed E-state index contributed by atoms with van der Waals surface area (Å²) in [6.07, 6.45) is 2.37. The lowest BCUT2D eigenvalue weighted by molar-refractivity contribution is -0.132. The maximum Gasteiger partial charge on any atom is 0.223 e. The zero-order valence-corrected chi connectivity index (χ0v) is 19.9. The van der Waals surface area contributed by atoms with Crippen LogP contribution in [-0.4, -0.2) is 47.9 Å². The SMILES string of the molecule is CN(C)CCN(Cc1ccccc1)C(=O)CC(c1ccccc1Cl)c1c[nH]c2ccccc12. The molecular weight excluding hydrogens is 430 g/mol. The average Bonchev–Trinajstić information content (AvgIpc) is 3.25. The molecule has 0 bridgehead atoms. The molecule has 0 aliphatic rings. The first kappa shape index (κ1) is 23.1. The van der Waals surface area contributed by atoms with Crippen LogP contribution in [-0.2, 0) is 11.3 Å². The molecule has 4 nitrogen and oxygen atoms in total. The molecule has 4 rings (SSSR count). The number of H-pyrrole nitrogens is 1. The van der Waals surface area contributed by atoms with Crippen molar-refractivity contribution in [2.75, 3.05) is 27.2 Å². The third-order valence-corrected chi connectivity index (χ3v) is 6.39. The lowest BCUT2D eigenvalue weighted by Crippen LogP contribution is -2.37. The van der Waals surface area contributed by atoms with Crippen molar-refractivity contribution in [3.05, 3.63) is 107 Å². The highest BCUT2D eigenvalue weighted by atomic mass is 35.5. The number of hydrogen-bond donors (Lipinski definition) is 1. The first-order valence-corrected chi connectivity index (χ1v) is 11.7. The van der Waals surface area contributed by atoms with E-state index in [1.165, 1.54) is 0 Å². The highest BCUT2D eigenvalue weighted by Gasteiger charge is 2.26. The van der Waals surface area contributed by atoms with Gasteiger partial charge in [0.25, 0.3) is 0 Å². The van der Waals surface area contributed by atoms with Crippen molar-refractivity contribution in [1.29, 1.82) is 0 Å². The molecule has 0 saturated carbocycles. The molecule has 1 amide bonds. The van der Waals surface area contributed by atoms with E-state index in [1.807, 2.05) is 79.8 Å². The monoisotopic (exact) mass is 459 g/mol. The van der Waals surface area contributed by atoms with Gasteiger partial charge in [0.2, 0.25) is 5.91 Å². The Hall–Kier alpha value is -3.08. The highest BCUT2D eigenvalue weighted by Crippen LogP contribution is 2.37. The van der Waals surface area contributed by atoms with E-state index in [0.29, 0.717) is 24.5 Å². The summed E-state index contributed by atoms with van der Waals surface area (Å²) < 4.78 is 0. The average molecular weight is 460 g/mol. The van der Waals surface area contributed by atoms with E-state index >= 15 is 0 Å². The molecule has 1 atom stereocenters. The topological polar surface area (TPSA) is 39.3 Å². The minimum absolute atomic E-state index is 0.121. The third-order valence-electron chi connectivity index (χ3n) is 6.04. The van der Waals surface area contributed by atoms with Crippen LogP contribution in [0.2, 0.25) is 5.02 Å². The van der Waals surface area contributed by atoms with Gasteiger partial charge in [-0.25, -0.2) is 0 Å². The minimum atomic E-state index is -0.139. The van der Waals surface area contributed by atoms with Gasteiger partial charge in [-0.15, -0.1) is 0 Å². The number of nitrogens with one attached hydrogen (secondary N) is 1. The second-order valence-corrected chi connectivity index (χ2v) is 9.08. The molecule has 4 aromatic rings. The molecule has 1 aromatic heterocycles. The fraction of sp³-hybridized carbons (Fsp3) is 0.250. The molecule has 1 unspecified atom stereocenters. The van der Waals surface area contributed by atoms with Crippen LogP contribution in [0.5, 0.6) is 0 Å². The highest BCUT2D eigenvalue weighted by molar-refractivity contribution is 6.31. The van der Waals surface area contributed by atoms with Gasteiger partial charge in [-0.2, -0.15) is 0 Å². The van der Waals surface area contributed by atoms with Crippen molar-refractivity contribution < 1.29 is 4.79 Å². The second kappa shape index (κ2) is 10.7. The van der Waals surface area contributed by atoms with Gasteiger partial charge in [-0.3, -0.25) is 4.79 Å². The van der Waals surface area contributed by atoms with Crippen molar-refractivity contribution in [2.24, 2.45) is 0 Å². The molecule has 0 aliphatic carbocycles. The Morgan fingerprint density at radius 1 is 0.879 bits per heavy atom. The second-order valence-electron chi connectivity index (χ2n) is 8.67. The lowest BCUT2D eigenvalue weighted by atomic mass is 9.87. The van der Waals surface area contributed by atoms with Crippen molar-refractivity contribution >= 4 is 28.4 Å². The van der Waals surface area contributed by atoms with Crippen molar-refractivity contribution in [3.8, 4) is 0 Å². The van der Waals surface area contributed by atoms with Gasteiger partial charge in [0, 0.05) is 54.1 Å². The number of aromatic nitrogens is 1. The summed E-state index contributed by atoms with van der Waals surface area (Å²) in [6, 6.07) is 26.2. The van der Waals surface area contributed by atoms with Gasteiger partial charge < -0.3 is 14.8 Å². The summed E-state index contributed by atoms with van der Waals surface area (Å²) in [5.41, 5.74) is 4.26. The van der Waals surface area contributed by atoms with E-state index < -0.39 is 0 Å². The molecule has 1 heterocycles. The molecule has 5 heteroatoms. The Kier molecular flexibility index (Phi) is 7.48. The predicted molar refractivity (Wildman–Crippen MR) is 137 cm³/mol. The van der Waals surface area contributed by atoms with Gasteiger partial charge in [-0.1, -0.05) is 78.3 Å². The van der Waals surface area contributed by atoms with E-state index in [2.05, 4.69) is 34.1 Å². The lowest BCUT2D eigenvalue weighted by Gasteiger charge is -2.27. The normalized spacial score (nSPS) is 12.2. The molecule has 3 aromatic carbocycles. The zero-order valence-electron chi connectivity index (χ0n) is 19.2. The zero-order chi connectivity index (χ0) is 23.2. The number of likely N-dealkylation sites (N-methyl/N-ethyl adjacent to an activating group) is 1. The van der Waals surface area contributed by atoms with Crippen LogP contribution in [0.1, 0.15) is 29.0 Å². The molecular formula is C28H30ClN3O. The van der Waals surface area contributed by atoms with E-state index in [-0.39, 0.29) is 11.8 Å². The minimum Gasteiger partial charge on any atom is -0.361 e. The molecule has 0 aliphatic heterocycles. The number of fused-ring (bicyclic) bond motifs is 1. The van der Waals surface area contributed by atoms with Gasteiger partial charge in [0.15, 0.2) is 0 Å². The summed E-state index contributed by atoms with van der Waals surface area (Å²) >= 11 is 6.64. The summed E-state index contributed by atoms with van der Waals surface area (Å²) in [6.45, 7) is 2.07. The number of nitrogens with zero attached hydrogens (tertiary/aromatic N) is 2. The summed E-state index contributed by atoms with van der Waals surface area (Å²) in [5.74, 6) is -0.0177. The number of aromatic amines is 1. The fourth-order valence-electron chi connectivity index (χ4n) is 4.25. The number of halogens is 1. The van der Waals surface area contributed by atoms with Crippen molar-refractivity contribution in [2.45, 2.75) is 18.9 Å². The Balaban J connectivity index is 1.67. The Bertz CT molecular complexity index is 1200. The van der Waals surface area contributed by atoms with E-state index in [0.717, 1.165) is 34.1 Å². The van der Waals surface area contributed by atoms with Gasteiger partial charge >= 0.3 is 0 Å². The molecule has 1 N–H and O–H groups in total. The summed E-state index contributed by atoms with van der Waals surface area (Å²) in [4.78, 5) is 21.2. The number of hydrogen-bond acceptors (Lipinski definition) is 2. The quantitative estimate of drug-likeness (QED) is 0.336. The van der Waals surface area contributed by atoms with Gasteiger partial charge in [-0.05, 0) is 42.9 Å². The number of para-hydroxylation sites is 1. The molecule has 0 spiro atoms. The maximum atomic E-state index is 13.7. The van der Waals surface area contributed by atoms with E-state index in [9.17, 15) is 4.79 Å².